The average Bonchev–Trinajstić information content (AvgIpc) is 2.61. The zero-order chi connectivity index (χ0) is 19.5. The molecule has 26 heavy (non-hydrogen) atoms. The number of nitrogens with zero attached hydrogens (tertiary/aromatic N) is 1. The summed E-state index contributed by atoms with van der Waals surface area (Å²) in [5.74, 6) is 1.11. The first-order valence-electron chi connectivity index (χ1n) is 8.22. The van der Waals surface area contributed by atoms with Crippen LogP contribution in [0.15, 0.2) is 41.3 Å². The highest BCUT2D eigenvalue weighted by Gasteiger charge is 2.40. The lowest BCUT2D eigenvalue weighted by atomic mass is 9.98. The summed E-state index contributed by atoms with van der Waals surface area (Å²) >= 11 is 0. The number of sulfone groups is 1. The molecule has 0 N–H and O–H groups in total. The van der Waals surface area contributed by atoms with Gasteiger partial charge in [-0.2, -0.15) is 0 Å². The summed E-state index contributed by atoms with van der Waals surface area (Å²) in [4.78, 5) is 3.84. The molecule has 0 saturated heterocycles. The van der Waals surface area contributed by atoms with Crippen LogP contribution in [0.5, 0.6) is 11.5 Å². The Morgan fingerprint density at radius 2 is 1.50 bits per heavy atom. The summed E-state index contributed by atoms with van der Waals surface area (Å²) in [6.45, 7) is 11.4. The number of benzene rings is 2. The van der Waals surface area contributed by atoms with Crippen molar-refractivity contribution in [3.05, 3.63) is 57.9 Å². The molecule has 0 fully saturated rings. The molecule has 0 heterocycles. The van der Waals surface area contributed by atoms with Crippen molar-refractivity contribution in [3.8, 4) is 18.1 Å². The van der Waals surface area contributed by atoms with Crippen molar-refractivity contribution in [2.24, 2.45) is 0 Å². The average molecular weight is 374 g/mol. The third-order valence-corrected chi connectivity index (χ3v) is 6.14. The zero-order valence-corrected chi connectivity index (χ0v) is 16.5. The lowest BCUT2D eigenvalue weighted by molar-refractivity contribution is 0.386. The summed E-state index contributed by atoms with van der Waals surface area (Å²) in [6, 6.07) is 10.0. The van der Waals surface area contributed by atoms with Crippen LogP contribution in [0.4, 0.5) is 0 Å². The Kier molecular flexibility index (Phi) is 5.94. The Hall–Kier alpha value is -2.52. The van der Waals surface area contributed by atoms with Crippen LogP contribution in [0.2, 0.25) is 0 Å². The highest BCUT2D eigenvalue weighted by atomic mass is 32.2. The standard InChI is InChI=1S/C20H24NO4S/c1-13(2)16-11-17(19(25-6)12-18(16)24-5)20(21-4)26(22,23)15-9-7-14(3)8-10-15/h4,7-13,20H,1-3,5-6H3/q+1. The molecule has 2 rings (SSSR count). The van der Waals surface area contributed by atoms with E-state index in [1.807, 2.05) is 20.8 Å². The molecule has 2 aromatic rings. The Labute approximate surface area is 155 Å². The second-order valence-electron chi connectivity index (χ2n) is 6.35. The highest BCUT2D eigenvalue weighted by molar-refractivity contribution is 7.91. The van der Waals surface area contributed by atoms with Gasteiger partial charge in [-0.15, -0.1) is 0 Å². The van der Waals surface area contributed by atoms with Crippen LogP contribution in [0.3, 0.4) is 0 Å². The third-order valence-electron chi connectivity index (χ3n) is 4.25. The van der Waals surface area contributed by atoms with Gasteiger partial charge >= 0.3 is 5.37 Å². The minimum atomic E-state index is -3.83. The molecule has 0 aliphatic carbocycles. The smallest absolute Gasteiger partial charge is 0.401 e. The summed E-state index contributed by atoms with van der Waals surface area (Å²) in [5, 5.41) is -1.27. The maximum Gasteiger partial charge on any atom is 0.401 e. The molecule has 0 bridgehead atoms. The molecule has 0 aliphatic heterocycles. The second-order valence-corrected chi connectivity index (χ2v) is 8.36. The van der Waals surface area contributed by atoms with E-state index in [1.165, 1.54) is 7.11 Å². The Bertz CT molecular complexity index is 926. The molecule has 138 valence electrons. The Balaban J connectivity index is 2.68. The minimum Gasteiger partial charge on any atom is -0.496 e. The number of ether oxygens (including phenoxy) is 2. The Morgan fingerprint density at radius 3 is 1.96 bits per heavy atom. The normalized spacial score (nSPS) is 12.5. The highest BCUT2D eigenvalue weighted by Crippen LogP contribution is 2.41. The van der Waals surface area contributed by atoms with E-state index in [0.29, 0.717) is 17.1 Å². The molecule has 1 atom stereocenters. The number of hydrogen-bond donors (Lipinski definition) is 0. The number of methoxy groups -OCH3 is 2. The van der Waals surface area contributed by atoms with E-state index in [4.69, 9.17) is 16.0 Å². The SMILES string of the molecule is C#[N+]C(c1cc(C(C)C)c(OC)cc1OC)S(=O)(=O)c1ccc(C)cc1. The molecule has 6 heteroatoms. The van der Waals surface area contributed by atoms with Crippen molar-refractivity contribution in [3.63, 3.8) is 0 Å². The quantitative estimate of drug-likeness (QED) is 0.743. The second kappa shape index (κ2) is 7.79. The van der Waals surface area contributed by atoms with Gasteiger partial charge < -0.3 is 9.47 Å². The predicted molar refractivity (Wildman–Crippen MR) is 103 cm³/mol. The van der Waals surface area contributed by atoms with Crippen molar-refractivity contribution < 1.29 is 17.9 Å². The monoisotopic (exact) mass is 374 g/mol. The van der Waals surface area contributed by atoms with E-state index in [-0.39, 0.29) is 10.8 Å². The topological polar surface area (TPSA) is 57.0 Å². The number of rotatable bonds is 6. The molecule has 0 radical (unpaired) electrons. The van der Waals surface area contributed by atoms with E-state index >= 15 is 0 Å². The van der Waals surface area contributed by atoms with Gasteiger partial charge in [0, 0.05) is 6.07 Å². The molecule has 0 aliphatic rings. The van der Waals surface area contributed by atoms with Gasteiger partial charge in [-0.25, -0.2) is 8.42 Å². The van der Waals surface area contributed by atoms with Crippen molar-refractivity contribution >= 4 is 9.84 Å². The molecule has 0 aromatic heterocycles. The first-order chi connectivity index (χ1) is 12.3. The van der Waals surface area contributed by atoms with Crippen LogP contribution in [0.1, 0.15) is 41.8 Å². The van der Waals surface area contributed by atoms with Gasteiger partial charge in [-0.3, -0.25) is 0 Å². The summed E-state index contributed by atoms with van der Waals surface area (Å²) in [5.41, 5.74) is 2.21. The molecule has 0 spiro atoms. The molecule has 0 saturated carbocycles. The van der Waals surface area contributed by atoms with E-state index in [1.54, 1.807) is 43.5 Å². The number of aryl methyl sites for hydroxylation is 1. The Morgan fingerprint density at radius 1 is 0.962 bits per heavy atom. The lowest BCUT2D eigenvalue weighted by Gasteiger charge is -2.17. The van der Waals surface area contributed by atoms with Gasteiger partial charge in [0.2, 0.25) is 0 Å². The van der Waals surface area contributed by atoms with Crippen molar-refractivity contribution in [1.29, 1.82) is 0 Å². The fourth-order valence-corrected chi connectivity index (χ4v) is 4.23. The van der Waals surface area contributed by atoms with Crippen LogP contribution in [-0.2, 0) is 9.84 Å². The first-order valence-corrected chi connectivity index (χ1v) is 9.77. The first kappa shape index (κ1) is 19.8. The number of hydrogen-bond acceptors (Lipinski definition) is 4. The maximum absolute atomic E-state index is 13.1. The zero-order valence-electron chi connectivity index (χ0n) is 15.7. The van der Waals surface area contributed by atoms with Gasteiger partial charge in [-0.05, 0) is 36.6 Å². The minimum absolute atomic E-state index is 0.120. The van der Waals surface area contributed by atoms with E-state index in [9.17, 15) is 8.42 Å². The molecule has 0 amide bonds. The van der Waals surface area contributed by atoms with E-state index < -0.39 is 15.2 Å². The van der Waals surface area contributed by atoms with Gasteiger partial charge in [0.05, 0.1) is 24.7 Å². The summed E-state index contributed by atoms with van der Waals surface area (Å²) < 4.78 is 37.0. The predicted octanol–water partition coefficient (Wildman–Crippen LogP) is 4.57. The van der Waals surface area contributed by atoms with Crippen LogP contribution in [0.25, 0.3) is 4.85 Å². The van der Waals surface area contributed by atoms with Crippen LogP contribution < -0.4 is 9.47 Å². The van der Waals surface area contributed by atoms with E-state index in [2.05, 4.69) is 4.85 Å². The van der Waals surface area contributed by atoms with Crippen molar-refractivity contribution in [2.45, 2.75) is 37.0 Å². The van der Waals surface area contributed by atoms with Crippen LogP contribution >= 0.6 is 0 Å². The fraction of sp³-hybridized carbons (Fsp3) is 0.350. The molecular weight excluding hydrogens is 350 g/mol. The fourth-order valence-electron chi connectivity index (χ4n) is 2.78. The van der Waals surface area contributed by atoms with Gasteiger partial charge in [0.1, 0.15) is 11.5 Å². The van der Waals surface area contributed by atoms with Crippen LogP contribution in [-0.4, -0.2) is 22.6 Å². The van der Waals surface area contributed by atoms with Crippen LogP contribution in [0, 0.1) is 13.5 Å². The largest absolute Gasteiger partial charge is 0.496 e. The third kappa shape index (κ3) is 3.68. The van der Waals surface area contributed by atoms with Gasteiger partial charge in [-0.1, -0.05) is 36.4 Å². The van der Waals surface area contributed by atoms with E-state index in [0.717, 1.165) is 11.1 Å². The lowest BCUT2D eigenvalue weighted by Crippen LogP contribution is -2.13. The molecular formula is C20H24NO4S+. The van der Waals surface area contributed by atoms with Gasteiger partial charge in [0.15, 0.2) is 0 Å². The summed E-state index contributed by atoms with van der Waals surface area (Å²) in [6.07, 6.45) is 0. The summed E-state index contributed by atoms with van der Waals surface area (Å²) in [7, 11) is -0.793. The van der Waals surface area contributed by atoms with Crippen molar-refractivity contribution in [2.75, 3.05) is 14.2 Å². The molecule has 1 unspecified atom stereocenters. The molecule has 2 aromatic carbocycles. The van der Waals surface area contributed by atoms with Crippen molar-refractivity contribution in [1.82, 2.24) is 0 Å². The molecule has 5 nitrogen and oxygen atoms in total. The van der Waals surface area contributed by atoms with Gasteiger partial charge in [0.25, 0.3) is 16.4 Å². The maximum atomic E-state index is 13.1.